The quantitative estimate of drug-likeness (QED) is 0.357. The van der Waals surface area contributed by atoms with Crippen LogP contribution < -0.4 is 0 Å². The molecule has 0 saturated heterocycles. The van der Waals surface area contributed by atoms with Crippen LogP contribution >= 0.6 is 0 Å². The molecule has 1 aliphatic carbocycles. The number of carboxylic acid groups (broad SMARTS) is 1. The van der Waals surface area contributed by atoms with Crippen LogP contribution in [0.2, 0.25) is 0 Å². The molecule has 0 aliphatic heterocycles. The van der Waals surface area contributed by atoms with E-state index < -0.39 is 12.1 Å². The smallest absolute Gasteiger partial charge is 0.303 e. The number of hydrogen-bond donors (Lipinski definition) is 2. The fourth-order valence-electron chi connectivity index (χ4n) is 3.63. The maximum absolute atomic E-state index is 12.2. The van der Waals surface area contributed by atoms with Crippen LogP contribution in [0.3, 0.4) is 0 Å². The first-order valence-corrected chi connectivity index (χ1v) is 10.4. The van der Waals surface area contributed by atoms with Crippen molar-refractivity contribution in [2.24, 2.45) is 17.3 Å². The molecule has 0 aromatic carbocycles. The van der Waals surface area contributed by atoms with E-state index in [1.807, 2.05) is 6.08 Å². The lowest BCUT2D eigenvalue weighted by Crippen LogP contribution is -2.27. The summed E-state index contributed by atoms with van der Waals surface area (Å²) >= 11 is 0. The molecule has 0 spiro atoms. The number of carbonyl (C=O) groups excluding carboxylic acids is 1. The van der Waals surface area contributed by atoms with Gasteiger partial charge in [0, 0.05) is 18.8 Å². The Morgan fingerprint density at radius 2 is 1.89 bits per heavy atom. The van der Waals surface area contributed by atoms with Crippen molar-refractivity contribution in [2.45, 2.75) is 91.6 Å². The number of aliphatic hydroxyl groups excluding tert-OH is 1. The molecule has 0 aromatic rings. The zero-order valence-electron chi connectivity index (χ0n) is 17.5. The molecule has 154 valence electrons. The molecule has 1 saturated carbocycles. The average Bonchev–Trinajstić information content (AvgIpc) is 2.93. The van der Waals surface area contributed by atoms with E-state index in [1.54, 1.807) is 0 Å². The molecule has 0 aromatic heterocycles. The summed E-state index contributed by atoms with van der Waals surface area (Å²) in [7, 11) is 0. The molecule has 0 bridgehead atoms. The summed E-state index contributed by atoms with van der Waals surface area (Å²) in [6, 6.07) is 0. The molecular formula is C23H38O4. The first kappa shape index (κ1) is 23.6. The van der Waals surface area contributed by atoms with Gasteiger partial charge in [-0.3, -0.25) is 9.59 Å². The Balaban J connectivity index is 2.49. The van der Waals surface area contributed by atoms with E-state index in [0.717, 1.165) is 38.5 Å². The van der Waals surface area contributed by atoms with E-state index in [-0.39, 0.29) is 23.7 Å². The van der Waals surface area contributed by atoms with Crippen LogP contribution in [-0.4, -0.2) is 28.1 Å². The third-order valence-electron chi connectivity index (χ3n) is 5.69. The van der Waals surface area contributed by atoms with Crippen LogP contribution in [0.4, 0.5) is 0 Å². The van der Waals surface area contributed by atoms with E-state index in [2.05, 4.69) is 39.8 Å². The Bertz CT molecular complexity index is 541. The van der Waals surface area contributed by atoms with Crippen molar-refractivity contribution in [3.05, 3.63) is 23.8 Å². The summed E-state index contributed by atoms with van der Waals surface area (Å²) in [4.78, 5) is 22.8. The molecule has 2 N–H and O–H groups in total. The highest BCUT2D eigenvalue weighted by Gasteiger charge is 2.33. The fourth-order valence-corrected chi connectivity index (χ4v) is 3.63. The molecule has 4 nitrogen and oxygen atoms in total. The van der Waals surface area contributed by atoms with Crippen molar-refractivity contribution in [2.75, 3.05) is 0 Å². The summed E-state index contributed by atoms with van der Waals surface area (Å²) < 4.78 is 0. The molecule has 1 aliphatic rings. The van der Waals surface area contributed by atoms with Gasteiger partial charge in [0.2, 0.25) is 0 Å². The van der Waals surface area contributed by atoms with E-state index in [9.17, 15) is 14.7 Å². The molecule has 0 radical (unpaired) electrons. The average molecular weight is 379 g/mol. The Hall–Kier alpha value is -1.42. The number of rotatable bonds is 12. The molecule has 0 heterocycles. The van der Waals surface area contributed by atoms with Crippen LogP contribution in [0, 0.1) is 17.3 Å². The molecule has 1 fully saturated rings. The minimum atomic E-state index is -0.739. The molecule has 27 heavy (non-hydrogen) atoms. The van der Waals surface area contributed by atoms with Gasteiger partial charge >= 0.3 is 5.97 Å². The van der Waals surface area contributed by atoms with Crippen molar-refractivity contribution in [1.82, 2.24) is 0 Å². The van der Waals surface area contributed by atoms with E-state index in [4.69, 9.17) is 5.11 Å². The maximum Gasteiger partial charge on any atom is 0.303 e. The monoisotopic (exact) mass is 378 g/mol. The first-order chi connectivity index (χ1) is 12.6. The highest BCUT2D eigenvalue weighted by atomic mass is 16.4. The fraction of sp³-hybridized carbons (Fsp3) is 0.739. The molecule has 3 atom stereocenters. The lowest BCUT2D eigenvalue weighted by molar-refractivity contribution is -0.137. The standard InChI is InChI=1S/C23H38O4/c1-17(2)15-16-23(3,4)21(25)14-12-18-11-13-20(24)19(18)9-7-5-6-8-10-22(26)27/h12,14-15,18-19,21,25H,5-11,13,16H2,1-4H3,(H,26,27)/t18-,19-,21?/m1/s1. The van der Waals surface area contributed by atoms with Gasteiger partial charge in [0.05, 0.1) is 6.10 Å². The highest BCUT2D eigenvalue weighted by Crippen LogP contribution is 2.35. The summed E-state index contributed by atoms with van der Waals surface area (Å²) in [6.07, 6.45) is 12.6. The van der Waals surface area contributed by atoms with E-state index in [1.165, 1.54) is 5.57 Å². The Morgan fingerprint density at radius 3 is 2.52 bits per heavy atom. The number of Topliss-reactive ketones (excluding diaryl/α,β-unsaturated/α-hetero) is 1. The maximum atomic E-state index is 12.2. The van der Waals surface area contributed by atoms with E-state index in [0.29, 0.717) is 18.6 Å². The number of carboxylic acids is 1. The summed E-state index contributed by atoms with van der Waals surface area (Å²) in [5, 5.41) is 19.2. The van der Waals surface area contributed by atoms with Gasteiger partial charge in [0.25, 0.3) is 0 Å². The lowest BCUT2D eigenvalue weighted by Gasteiger charge is -2.28. The van der Waals surface area contributed by atoms with Crippen molar-refractivity contribution < 1.29 is 19.8 Å². The largest absolute Gasteiger partial charge is 0.481 e. The zero-order chi connectivity index (χ0) is 20.4. The number of aliphatic carboxylic acids is 1. The SMILES string of the molecule is CC(C)=CCC(C)(C)C(O)C=C[C@H]1CCC(=O)[C@@H]1CCCCCCC(=O)O. The van der Waals surface area contributed by atoms with E-state index >= 15 is 0 Å². The van der Waals surface area contributed by atoms with Gasteiger partial charge in [-0.15, -0.1) is 0 Å². The predicted octanol–water partition coefficient (Wildman–Crippen LogP) is 5.31. The number of unbranched alkanes of at least 4 members (excludes halogenated alkanes) is 3. The number of aliphatic hydroxyl groups is 1. The molecular weight excluding hydrogens is 340 g/mol. The van der Waals surface area contributed by atoms with Gasteiger partial charge in [-0.1, -0.05) is 56.9 Å². The molecule has 1 rings (SSSR count). The molecule has 0 amide bonds. The Labute approximate surface area is 164 Å². The highest BCUT2D eigenvalue weighted by molar-refractivity contribution is 5.83. The van der Waals surface area contributed by atoms with Crippen molar-refractivity contribution in [3.8, 4) is 0 Å². The minimum Gasteiger partial charge on any atom is -0.481 e. The second-order valence-corrected chi connectivity index (χ2v) is 8.93. The van der Waals surface area contributed by atoms with Crippen molar-refractivity contribution in [3.63, 3.8) is 0 Å². The molecule has 1 unspecified atom stereocenters. The zero-order valence-corrected chi connectivity index (χ0v) is 17.5. The van der Waals surface area contributed by atoms with Crippen molar-refractivity contribution in [1.29, 1.82) is 0 Å². The molecule has 4 heteroatoms. The van der Waals surface area contributed by atoms with Gasteiger partial charge in [-0.25, -0.2) is 0 Å². The van der Waals surface area contributed by atoms with Crippen LogP contribution in [0.5, 0.6) is 0 Å². The number of ketones is 1. The predicted molar refractivity (Wildman–Crippen MR) is 110 cm³/mol. The number of hydrogen-bond acceptors (Lipinski definition) is 3. The Morgan fingerprint density at radius 1 is 1.22 bits per heavy atom. The summed E-state index contributed by atoms with van der Waals surface area (Å²) in [5.74, 6) is -0.107. The van der Waals surface area contributed by atoms with Crippen LogP contribution in [0.1, 0.15) is 85.5 Å². The van der Waals surface area contributed by atoms with Crippen molar-refractivity contribution >= 4 is 11.8 Å². The van der Waals surface area contributed by atoms with Gasteiger partial charge in [0.15, 0.2) is 0 Å². The van der Waals surface area contributed by atoms with Crippen LogP contribution in [0.15, 0.2) is 23.8 Å². The number of allylic oxidation sites excluding steroid dienone is 3. The third-order valence-corrected chi connectivity index (χ3v) is 5.69. The van der Waals surface area contributed by atoms with Gasteiger partial charge < -0.3 is 10.2 Å². The lowest BCUT2D eigenvalue weighted by atomic mass is 9.81. The summed E-state index contributed by atoms with van der Waals surface area (Å²) in [6.45, 7) is 8.26. The van der Waals surface area contributed by atoms with Crippen LogP contribution in [0.25, 0.3) is 0 Å². The Kier molecular flexibility index (Phi) is 10.00. The first-order valence-electron chi connectivity index (χ1n) is 10.4. The second-order valence-electron chi connectivity index (χ2n) is 8.93. The van der Waals surface area contributed by atoms with Gasteiger partial charge in [-0.05, 0) is 50.9 Å². The minimum absolute atomic E-state index is 0.0637. The van der Waals surface area contributed by atoms with Gasteiger partial charge in [0.1, 0.15) is 5.78 Å². The topological polar surface area (TPSA) is 74.6 Å². The normalized spacial score (nSPS) is 21.6. The van der Waals surface area contributed by atoms with Crippen LogP contribution in [-0.2, 0) is 9.59 Å². The second kappa shape index (κ2) is 11.4. The third kappa shape index (κ3) is 8.87. The van der Waals surface area contributed by atoms with Gasteiger partial charge in [-0.2, -0.15) is 0 Å². The number of carbonyl (C=O) groups is 2. The summed E-state index contributed by atoms with van der Waals surface area (Å²) in [5.41, 5.74) is 1.03.